The molecule has 3 aromatic carbocycles. The second kappa shape index (κ2) is 8.82. The minimum atomic E-state index is 0.0180. The van der Waals surface area contributed by atoms with Gasteiger partial charge >= 0.3 is 0 Å². The van der Waals surface area contributed by atoms with Gasteiger partial charge in [-0.2, -0.15) is 0 Å². The first-order valence-electron chi connectivity index (χ1n) is 10.6. The Labute approximate surface area is 186 Å². The van der Waals surface area contributed by atoms with Gasteiger partial charge in [-0.1, -0.05) is 36.4 Å². The number of hydrogen-bond donors (Lipinski definition) is 3. The third kappa shape index (κ3) is 4.08. The van der Waals surface area contributed by atoms with Crippen molar-refractivity contribution in [3.63, 3.8) is 0 Å². The van der Waals surface area contributed by atoms with Gasteiger partial charge in [-0.15, -0.1) is 0 Å². The number of nitrogens with one attached hydrogen (secondary N) is 2. The monoisotopic (exact) mass is 427 g/mol. The Hall–Kier alpha value is -3.68. The molecule has 7 nitrogen and oxygen atoms in total. The molecule has 1 aliphatic heterocycles. The van der Waals surface area contributed by atoms with Crippen molar-refractivity contribution in [1.82, 2.24) is 15.3 Å². The highest BCUT2D eigenvalue weighted by Crippen LogP contribution is 2.33. The highest BCUT2D eigenvalue weighted by atomic mass is 16.5. The molecule has 0 amide bonds. The summed E-state index contributed by atoms with van der Waals surface area (Å²) in [5, 5.41) is 7.62. The number of ether oxygens (including phenoxy) is 2. The largest absolute Gasteiger partial charge is 0.495 e. The van der Waals surface area contributed by atoms with Crippen molar-refractivity contribution in [3.05, 3.63) is 72.4 Å². The van der Waals surface area contributed by atoms with E-state index in [9.17, 15) is 0 Å². The number of benzene rings is 3. The van der Waals surface area contributed by atoms with Crippen LogP contribution >= 0.6 is 0 Å². The molecule has 4 N–H and O–H groups in total. The van der Waals surface area contributed by atoms with E-state index in [1.807, 2.05) is 66.9 Å². The van der Waals surface area contributed by atoms with Gasteiger partial charge < -0.3 is 25.8 Å². The molecule has 4 aromatic rings. The van der Waals surface area contributed by atoms with E-state index in [2.05, 4.69) is 15.6 Å². The van der Waals surface area contributed by atoms with Crippen molar-refractivity contribution >= 4 is 28.2 Å². The molecule has 162 valence electrons. The summed E-state index contributed by atoms with van der Waals surface area (Å²) in [7, 11) is 1.66. The Balaban J connectivity index is 1.48. The van der Waals surface area contributed by atoms with Crippen LogP contribution in [0.3, 0.4) is 0 Å². The van der Waals surface area contributed by atoms with E-state index in [-0.39, 0.29) is 6.10 Å². The van der Waals surface area contributed by atoms with Crippen molar-refractivity contribution < 1.29 is 9.47 Å². The Morgan fingerprint density at radius 3 is 2.84 bits per heavy atom. The molecule has 0 spiro atoms. The number of nitrogens with two attached hydrogens (primary N) is 1. The summed E-state index contributed by atoms with van der Waals surface area (Å²) in [6.45, 7) is 2.37. The number of anilines is 3. The first kappa shape index (κ1) is 20.2. The van der Waals surface area contributed by atoms with Gasteiger partial charge in [-0.05, 0) is 35.4 Å². The standard InChI is InChI=1S/C25H25N5O2/c1-31-22-13-17(23-15-27-10-11-32-23)8-9-21(22)29-25-28-14-18-5-3-7-20(24(18)30-25)16-4-2-6-19(26)12-16/h2-9,12-14,23,27H,10-11,15,26H2,1H3,(H,28,29,30). The van der Waals surface area contributed by atoms with Gasteiger partial charge in [0.25, 0.3) is 0 Å². The van der Waals surface area contributed by atoms with Gasteiger partial charge in [0.2, 0.25) is 5.95 Å². The number of nitrogen functional groups attached to an aromatic ring is 1. The zero-order valence-electron chi connectivity index (χ0n) is 17.8. The lowest BCUT2D eigenvalue weighted by Gasteiger charge is -2.24. The van der Waals surface area contributed by atoms with Crippen LogP contribution in [-0.2, 0) is 4.74 Å². The van der Waals surface area contributed by atoms with Crippen molar-refractivity contribution in [2.45, 2.75) is 6.10 Å². The van der Waals surface area contributed by atoms with Crippen LogP contribution in [0.2, 0.25) is 0 Å². The van der Waals surface area contributed by atoms with E-state index in [0.717, 1.165) is 46.4 Å². The summed E-state index contributed by atoms with van der Waals surface area (Å²) < 4.78 is 11.5. The first-order valence-corrected chi connectivity index (χ1v) is 10.6. The lowest BCUT2D eigenvalue weighted by molar-refractivity contribution is 0.0276. The minimum absolute atomic E-state index is 0.0180. The number of methoxy groups -OCH3 is 1. The number of aromatic nitrogens is 2. The van der Waals surface area contributed by atoms with Crippen molar-refractivity contribution in [1.29, 1.82) is 0 Å². The molecule has 1 unspecified atom stereocenters. The van der Waals surface area contributed by atoms with E-state index in [1.165, 1.54) is 0 Å². The number of morpholine rings is 1. The van der Waals surface area contributed by atoms with Gasteiger partial charge in [0.1, 0.15) is 5.75 Å². The number of nitrogens with zero attached hydrogens (tertiary/aromatic N) is 2. The van der Waals surface area contributed by atoms with E-state index < -0.39 is 0 Å². The molecular formula is C25H25N5O2. The molecule has 0 radical (unpaired) electrons. The Morgan fingerprint density at radius 2 is 2.03 bits per heavy atom. The third-order valence-electron chi connectivity index (χ3n) is 5.58. The Morgan fingerprint density at radius 1 is 1.12 bits per heavy atom. The maximum atomic E-state index is 6.00. The van der Waals surface area contributed by atoms with E-state index in [1.54, 1.807) is 7.11 Å². The SMILES string of the molecule is COc1cc(C2CNCCO2)ccc1Nc1ncc2cccc(-c3cccc(N)c3)c2n1. The van der Waals surface area contributed by atoms with E-state index >= 15 is 0 Å². The summed E-state index contributed by atoms with van der Waals surface area (Å²) in [4.78, 5) is 9.32. The number of hydrogen-bond acceptors (Lipinski definition) is 7. The van der Waals surface area contributed by atoms with Crippen LogP contribution < -0.4 is 21.1 Å². The quantitative estimate of drug-likeness (QED) is 0.409. The van der Waals surface area contributed by atoms with E-state index in [0.29, 0.717) is 24.0 Å². The summed E-state index contributed by atoms with van der Waals surface area (Å²) >= 11 is 0. The van der Waals surface area contributed by atoms with Gasteiger partial charge in [-0.3, -0.25) is 0 Å². The first-order chi connectivity index (χ1) is 15.7. The lowest BCUT2D eigenvalue weighted by Crippen LogP contribution is -2.33. The normalized spacial score (nSPS) is 16.1. The van der Waals surface area contributed by atoms with Crippen molar-refractivity contribution in [2.75, 3.05) is 37.9 Å². The van der Waals surface area contributed by atoms with Crippen LogP contribution in [0.15, 0.2) is 66.9 Å². The maximum Gasteiger partial charge on any atom is 0.227 e. The molecule has 32 heavy (non-hydrogen) atoms. The molecule has 0 bridgehead atoms. The zero-order chi connectivity index (χ0) is 21.9. The average Bonchev–Trinajstić information content (AvgIpc) is 2.84. The number of rotatable bonds is 5. The van der Waals surface area contributed by atoms with Gasteiger partial charge in [-0.25, -0.2) is 9.97 Å². The van der Waals surface area contributed by atoms with E-state index in [4.69, 9.17) is 20.2 Å². The smallest absolute Gasteiger partial charge is 0.227 e. The second-order valence-electron chi connectivity index (χ2n) is 7.71. The predicted octanol–water partition coefficient (Wildman–Crippen LogP) is 4.29. The lowest BCUT2D eigenvalue weighted by atomic mass is 10.0. The second-order valence-corrected chi connectivity index (χ2v) is 7.71. The molecule has 1 saturated heterocycles. The van der Waals surface area contributed by atoms with Gasteiger partial charge in [0.15, 0.2) is 0 Å². The molecule has 1 atom stereocenters. The van der Waals surface area contributed by atoms with Gasteiger partial charge in [0.05, 0.1) is 31.0 Å². The van der Waals surface area contributed by atoms with Gasteiger partial charge in [0, 0.05) is 35.9 Å². The molecule has 1 fully saturated rings. The maximum absolute atomic E-state index is 6.00. The minimum Gasteiger partial charge on any atom is -0.495 e. The average molecular weight is 428 g/mol. The molecule has 1 aliphatic rings. The Bertz CT molecular complexity index is 1250. The molecular weight excluding hydrogens is 402 g/mol. The molecule has 7 heteroatoms. The number of fused-ring (bicyclic) bond motifs is 1. The number of para-hydroxylation sites is 1. The van der Waals surface area contributed by atoms with Crippen LogP contribution in [0.4, 0.5) is 17.3 Å². The summed E-state index contributed by atoms with van der Waals surface area (Å²) in [6.07, 6.45) is 1.84. The van der Waals surface area contributed by atoms with Crippen LogP contribution in [0.5, 0.6) is 5.75 Å². The highest BCUT2D eigenvalue weighted by Gasteiger charge is 2.18. The fourth-order valence-electron chi connectivity index (χ4n) is 3.97. The zero-order valence-corrected chi connectivity index (χ0v) is 17.8. The summed E-state index contributed by atoms with van der Waals surface area (Å²) in [6, 6.07) is 19.9. The van der Waals surface area contributed by atoms with Crippen LogP contribution in [-0.4, -0.2) is 36.8 Å². The highest BCUT2D eigenvalue weighted by molar-refractivity contribution is 5.94. The van der Waals surface area contributed by atoms with Crippen molar-refractivity contribution in [2.24, 2.45) is 0 Å². The molecule has 1 aromatic heterocycles. The van der Waals surface area contributed by atoms with Crippen LogP contribution in [0, 0.1) is 0 Å². The molecule has 0 saturated carbocycles. The molecule has 0 aliphatic carbocycles. The Kier molecular flexibility index (Phi) is 5.58. The fraction of sp³-hybridized carbons (Fsp3) is 0.200. The topological polar surface area (TPSA) is 94.3 Å². The van der Waals surface area contributed by atoms with Crippen LogP contribution in [0.25, 0.3) is 22.0 Å². The third-order valence-corrected chi connectivity index (χ3v) is 5.58. The predicted molar refractivity (Wildman–Crippen MR) is 127 cm³/mol. The van der Waals surface area contributed by atoms with Crippen LogP contribution in [0.1, 0.15) is 11.7 Å². The molecule has 2 heterocycles. The molecule has 5 rings (SSSR count). The fourth-order valence-corrected chi connectivity index (χ4v) is 3.97. The summed E-state index contributed by atoms with van der Waals surface area (Å²) in [5.41, 5.74) is 11.5. The summed E-state index contributed by atoms with van der Waals surface area (Å²) in [5.74, 6) is 1.21. The van der Waals surface area contributed by atoms with Crippen molar-refractivity contribution in [3.8, 4) is 16.9 Å².